The van der Waals surface area contributed by atoms with Crippen LogP contribution in [0.25, 0.3) is 0 Å². The number of hydrogen-bond donors (Lipinski definition) is 0. The van der Waals surface area contributed by atoms with Crippen LogP contribution in [0.2, 0.25) is 15.1 Å². The van der Waals surface area contributed by atoms with Gasteiger partial charge < -0.3 is 9.64 Å². The Morgan fingerprint density at radius 1 is 1.03 bits per heavy atom. The average molecular weight is 556 g/mol. The minimum Gasteiger partial charge on any atom is -0.474 e. The maximum atomic E-state index is 13.3. The zero-order chi connectivity index (χ0) is 25.3. The summed E-state index contributed by atoms with van der Waals surface area (Å²) in [5, 5.41) is 1.03. The molecule has 0 N–H and O–H groups in total. The number of sulfone groups is 1. The van der Waals surface area contributed by atoms with Crippen LogP contribution in [-0.2, 0) is 9.84 Å². The Kier molecular flexibility index (Phi) is 7.51. The van der Waals surface area contributed by atoms with Crippen molar-refractivity contribution in [1.29, 1.82) is 0 Å². The summed E-state index contributed by atoms with van der Waals surface area (Å²) < 4.78 is 29.4. The molecule has 0 aliphatic carbocycles. The smallest absolute Gasteiger partial charge is 0.257 e. The van der Waals surface area contributed by atoms with Crippen LogP contribution in [0.1, 0.15) is 28.8 Å². The first-order valence-electron chi connectivity index (χ1n) is 10.6. The molecule has 12 heteroatoms. The lowest BCUT2D eigenvalue weighted by Gasteiger charge is -2.25. The standard InChI is InChI=1S/C23H21Cl3N4O4S/c1-13(34-21-6-4-16(24)10-27-21)17-11-30(12-18(17)14-3-5-19(25)20(26)7-14)22(31)15-8-28-23(29-9-15)35(2,32)33/h3-10,13,17-18H,11-12H2,1-2H3. The minimum atomic E-state index is -3.57. The molecule has 1 aliphatic rings. The lowest BCUT2D eigenvalue weighted by molar-refractivity contribution is 0.0768. The Morgan fingerprint density at radius 3 is 2.34 bits per heavy atom. The van der Waals surface area contributed by atoms with Gasteiger partial charge in [-0.15, -0.1) is 0 Å². The van der Waals surface area contributed by atoms with Gasteiger partial charge in [-0.2, -0.15) is 0 Å². The van der Waals surface area contributed by atoms with Gasteiger partial charge in [0.25, 0.3) is 5.91 Å². The Bertz CT molecular complexity index is 1340. The lowest BCUT2D eigenvalue weighted by Crippen LogP contribution is -2.32. The maximum absolute atomic E-state index is 13.3. The van der Waals surface area contributed by atoms with E-state index >= 15 is 0 Å². The second kappa shape index (κ2) is 10.3. The van der Waals surface area contributed by atoms with Crippen LogP contribution in [0.5, 0.6) is 5.88 Å². The molecule has 3 unspecified atom stereocenters. The molecule has 0 radical (unpaired) electrons. The summed E-state index contributed by atoms with van der Waals surface area (Å²) in [5.74, 6) is -0.101. The number of amides is 1. The Hall–Kier alpha value is -2.46. The summed E-state index contributed by atoms with van der Waals surface area (Å²) in [6.07, 6.45) is 4.65. The Morgan fingerprint density at radius 2 is 1.74 bits per heavy atom. The number of halogens is 3. The van der Waals surface area contributed by atoms with E-state index in [1.165, 1.54) is 18.6 Å². The van der Waals surface area contributed by atoms with Crippen molar-refractivity contribution in [3.8, 4) is 5.88 Å². The molecule has 1 aliphatic heterocycles. The number of aromatic nitrogens is 3. The molecular weight excluding hydrogens is 535 g/mol. The van der Waals surface area contributed by atoms with Gasteiger partial charge in [-0.05, 0) is 30.7 Å². The number of benzene rings is 1. The summed E-state index contributed by atoms with van der Waals surface area (Å²) in [6.45, 7) is 2.69. The maximum Gasteiger partial charge on any atom is 0.257 e. The van der Waals surface area contributed by atoms with E-state index in [0.29, 0.717) is 34.0 Å². The number of carbonyl (C=O) groups excluding carboxylic acids is 1. The molecule has 1 saturated heterocycles. The van der Waals surface area contributed by atoms with Crippen LogP contribution in [0.4, 0.5) is 0 Å². The van der Waals surface area contributed by atoms with Crippen LogP contribution < -0.4 is 4.74 Å². The van der Waals surface area contributed by atoms with Crippen molar-refractivity contribution in [3.05, 3.63) is 75.1 Å². The van der Waals surface area contributed by atoms with Gasteiger partial charge in [-0.3, -0.25) is 4.79 Å². The fourth-order valence-electron chi connectivity index (χ4n) is 4.08. The lowest BCUT2D eigenvalue weighted by atomic mass is 9.86. The van der Waals surface area contributed by atoms with Gasteiger partial charge in [0.2, 0.25) is 20.9 Å². The van der Waals surface area contributed by atoms with E-state index in [1.807, 2.05) is 13.0 Å². The van der Waals surface area contributed by atoms with Gasteiger partial charge in [-0.1, -0.05) is 40.9 Å². The van der Waals surface area contributed by atoms with Gasteiger partial charge in [-0.25, -0.2) is 23.4 Å². The molecule has 1 amide bonds. The molecule has 1 fully saturated rings. The summed E-state index contributed by atoms with van der Waals surface area (Å²) in [6, 6.07) is 8.79. The zero-order valence-electron chi connectivity index (χ0n) is 18.7. The topological polar surface area (TPSA) is 102 Å². The number of carbonyl (C=O) groups is 1. The minimum absolute atomic E-state index is 0.104. The van der Waals surface area contributed by atoms with E-state index in [-0.39, 0.29) is 34.6 Å². The highest BCUT2D eigenvalue weighted by Gasteiger charge is 2.40. The molecule has 1 aromatic carbocycles. The monoisotopic (exact) mass is 554 g/mol. The van der Waals surface area contributed by atoms with E-state index in [0.717, 1.165) is 11.8 Å². The van der Waals surface area contributed by atoms with Crippen molar-refractivity contribution in [2.24, 2.45) is 5.92 Å². The molecule has 4 rings (SSSR count). The predicted molar refractivity (Wildman–Crippen MR) is 133 cm³/mol. The van der Waals surface area contributed by atoms with Gasteiger partial charge in [0.1, 0.15) is 6.10 Å². The van der Waals surface area contributed by atoms with Crippen molar-refractivity contribution >= 4 is 50.5 Å². The average Bonchev–Trinajstić information content (AvgIpc) is 3.27. The van der Waals surface area contributed by atoms with Crippen molar-refractivity contribution in [2.75, 3.05) is 19.3 Å². The molecular formula is C23H21Cl3N4O4S. The van der Waals surface area contributed by atoms with Crippen LogP contribution in [-0.4, -0.2) is 59.6 Å². The largest absolute Gasteiger partial charge is 0.474 e. The molecule has 3 aromatic rings. The Labute approximate surface area is 218 Å². The normalized spacial score (nSPS) is 18.9. The second-order valence-electron chi connectivity index (χ2n) is 8.32. The van der Waals surface area contributed by atoms with E-state index in [2.05, 4.69) is 15.0 Å². The van der Waals surface area contributed by atoms with E-state index in [4.69, 9.17) is 39.5 Å². The van der Waals surface area contributed by atoms with Crippen LogP contribution in [0.3, 0.4) is 0 Å². The fraction of sp³-hybridized carbons (Fsp3) is 0.304. The first-order chi connectivity index (χ1) is 16.5. The highest BCUT2D eigenvalue weighted by atomic mass is 35.5. The molecule has 0 spiro atoms. The quantitative estimate of drug-likeness (QED) is 0.411. The zero-order valence-corrected chi connectivity index (χ0v) is 21.8. The third-order valence-electron chi connectivity index (χ3n) is 5.84. The molecule has 184 valence electrons. The number of pyridine rings is 1. The first-order valence-corrected chi connectivity index (χ1v) is 13.6. The summed E-state index contributed by atoms with van der Waals surface area (Å²) in [5.41, 5.74) is 1.11. The van der Waals surface area contributed by atoms with Gasteiger partial charge in [0, 0.05) is 55.8 Å². The second-order valence-corrected chi connectivity index (χ2v) is 11.5. The van der Waals surface area contributed by atoms with Gasteiger partial charge in [0.05, 0.1) is 20.6 Å². The Balaban J connectivity index is 1.60. The van der Waals surface area contributed by atoms with E-state index in [9.17, 15) is 13.2 Å². The third kappa shape index (κ3) is 5.86. The molecule has 8 nitrogen and oxygen atoms in total. The molecule has 2 aromatic heterocycles. The van der Waals surface area contributed by atoms with Crippen molar-refractivity contribution in [1.82, 2.24) is 19.9 Å². The fourth-order valence-corrected chi connectivity index (χ4v) is 4.98. The molecule has 0 saturated carbocycles. The van der Waals surface area contributed by atoms with Crippen molar-refractivity contribution in [3.63, 3.8) is 0 Å². The number of rotatable bonds is 6. The number of likely N-dealkylation sites (tertiary alicyclic amines) is 1. The van der Waals surface area contributed by atoms with E-state index < -0.39 is 9.84 Å². The van der Waals surface area contributed by atoms with Gasteiger partial charge in [0.15, 0.2) is 0 Å². The molecule has 35 heavy (non-hydrogen) atoms. The first kappa shape index (κ1) is 25.6. The van der Waals surface area contributed by atoms with E-state index in [1.54, 1.807) is 29.2 Å². The molecule has 3 atom stereocenters. The summed E-state index contributed by atoms with van der Waals surface area (Å²) >= 11 is 18.3. The van der Waals surface area contributed by atoms with Crippen molar-refractivity contribution in [2.45, 2.75) is 24.1 Å². The highest BCUT2D eigenvalue weighted by Crippen LogP contribution is 2.38. The summed E-state index contributed by atoms with van der Waals surface area (Å²) in [4.78, 5) is 26.8. The SMILES string of the molecule is CC(Oc1ccc(Cl)cn1)C1CN(C(=O)c2cnc(S(C)(=O)=O)nc2)CC1c1ccc(Cl)c(Cl)c1. The molecule has 0 bridgehead atoms. The van der Waals surface area contributed by atoms with Crippen molar-refractivity contribution < 1.29 is 17.9 Å². The number of nitrogens with zero attached hydrogens (tertiary/aromatic N) is 4. The predicted octanol–water partition coefficient (Wildman–Crippen LogP) is 4.56. The summed E-state index contributed by atoms with van der Waals surface area (Å²) in [7, 11) is -3.57. The van der Waals surface area contributed by atoms with Crippen LogP contribution >= 0.6 is 34.8 Å². The highest BCUT2D eigenvalue weighted by molar-refractivity contribution is 7.90. The van der Waals surface area contributed by atoms with Crippen LogP contribution in [0, 0.1) is 5.92 Å². The third-order valence-corrected chi connectivity index (χ3v) is 7.68. The number of hydrogen-bond acceptors (Lipinski definition) is 7. The molecule has 3 heterocycles. The van der Waals surface area contributed by atoms with Crippen LogP contribution in [0.15, 0.2) is 54.1 Å². The number of ether oxygens (including phenoxy) is 1. The van der Waals surface area contributed by atoms with Gasteiger partial charge >= 0.3 is 0 Å².